The molecule has 4 nitrogen and oxygen atoms in total. The van der Waals surface area contributed by atoms with Crippen molar-refractivity contribution < 1.29 is 4.42 Å². The average molecular weight is 226 g/mol. The second-order valence-electron chi connectivity index (χ2n) is 2.10. The highest BCUT2D eigenvalue weighted by molar-refractivity contribution is 9.10. The van der Waals surface area contributed by atoms with Crippen LogP contribution >= 0.6 is 15.9 Å². The summed E-state index contributed by atoms with van der Waals surface area (Å²) in [5.74, 6) is 0.427. The Morgan fingerprint density at radius 2 is 2.33 bits per heavy atom. The van der Waals surface area contributed by atoms with Gasteiger partial charge in [-0.2, -0.15) is 0 Å². The van der Waals surface area contributed by atoms with Crippen LogP contribution in [0.15, 0.2) is 33.6 Å². The van der Waals surface area contributed by atoms with Crippen LogP contribution in [0.4, 0.5) is 0 Å². The highest BCUT2D eigenvalue weighted by Crippen LogP contribution is 2.17. The van der Waals surface area contributed by atoms with Crippen molar-refractivity contribution in [1.82, 2.24) is 15.2 Å². The number of aromatic nitrogens is 3. The molecule has 0 unspecified atom stereocenters. The molecule has 2 aromatic rings. The van der Waals surface area contributed by atoms with Crippen LogP contribution in [0.25, 0.3) is 11.6 Å². The first kappa shape index (κ1) is 7.42. The molecule has 12 heavy (non-hydrogen) atoms. The van der Waals surface area contributed by atoms with E-state index in [2.05, 4.69) is 31.1 Å². The Morgan fingerprint density at radius 3 is 3.00 bits per heavy atom. The summed E-state index contributed by atoms with van der Waals surface area (Å²) >= 11 is 3.32. The van der Waals surface area contributed by atoms with E-state index in [1.165, 1.54) is 6.39 Å². The molecule has 0 atom stereocenters. The maximum Gasteiger partial charge on any atom is 0.266 e. The van der Waals surface area contributed by atoms with Crippen molar-refractivity contribution in [3.05, 3.63) is 29.2 Å². The Bertz CT molecular complexity index is 374. The third-order valence-corrected chi connectivity index (χ3v) is 1.79. The molecule has 0 amide bonds. The molecule has 60 valence electrons. The van der Waals surface area contributed by atoms with Gasteiger partial charge in [0, 0.05) is 10.7 Å². The quantitative estimate of drug-likeness (QED) is 0.744. The normalized spacial score (nSPS) is 10.1. The van der Waals surface area contributed by atoms with Gasteiger partial charge in [0.15, 0.2) is 0 Å². The van der Waals surface area contributed by atoms with Crippen molar-refractivity contribution in [3.8, 4) is 11.6 Å². The summed E-state index contributed by atoms with van der Waals surface area (Å²) in [5, 5.41) is 7.28. The van der Waals surface area contributed by atoms with Gasteiger partial charge in [-0.1, -0.05) is 15.9 Å². The van der Waals surface area contributed by atoms with E-state index < -0.39 is 0 Å². The second-order valence-corrected chi connectivity index (χ2v) is 3.02. The Hall–Kier alpha value is -1.23. The summed E-state index contributed by atoms with van der Waals surface area (Å²) in [5.41, 5.74) is 0.668. The third-order valence-electron chi connectivity index (χ3n) is 1.30. The molecule has 5 heteroatoms. The van der Waals surface area contributed by atoms with Crippen molar-refractivity contribution in [2.45, 2.75) is 0 Å². The molecule has 0 aliphatic heterocycles. The fourth-order valence-corrected chi connectivity index (χ4v) is 1.14. The van der Waals surface area contributed by atoms with Crippen molar-refractivity contribution >= 4 is 15.9 Å². The van der Waals surface area contributed by atoms with Gasteiger partial charge >= 0.3 is 0 Å². The van der Waals surface area contributed by atoms with E-state index in [1.807, 2.05) is 12.1 Å². The van der Waals surface area contributed by atoms with Crippen LogP contribution in [0.5, 0.6) is 0 Å². The summed E-state index contributed by atoms with van der Waals surface area (Å²) in [6.45, 7) is 0. The van der Waals surface area contributed by atoms with E-state index in [0.29, 0.717) is 11.6 Å². The minimum atomic E-state index is 0.427. The molecule has 0 fully saturated rings. The van der Waals surface area contributed by atoms with Crippen LogP contribution in [-0.4, -0.2) is 15.2 Å². The molecule has 0 saturated carbocycles. The summed E-state index contributed by atoms with van der Waals surface area (Å²) in [6.07, 6.45) is 2.95. The van der Waals surface area contributed by atoms with E-state index in [9.17, 15) is 0 Å². The average Bonchev–Trinajstić information content (AvgIpc) is 2.56. The predicted molar refractivity (Wildman–Crippen MR) is 45.2 cm³/mol. The molecule has 2 rings (SSSR count). The van der Waals surface area contributed by atoms with Crippen LogP contribution < -0.4 is 0 Å². The van der Waals surface area contributed by atoms with Crippen molar-refractivity contribution in [3.63, 3.8) is 0 Å². The minimum Gasteiger partial charge on any atom is -0.422 e. The maximum atomic E-state index is 4.97. The first-order valence-corrected chi connectivity index (χ1v) is 4.03. The van der Waals surface area contributed by atoms with Gasteiger partial charge in [0.05, 0.1) is 0 Å². The standard InChI is InChI=1S/C7H4BrN3O/c8-5-1-2-9-6(3-5)7-11-10-4-12-7/h1-4H. The topological polar surface area (TPSA) is 51.8 Å². The molecule has 0 aliphatic carbocycles. The lowest BCUT2D eigenvalue weighted by atomic mass is 10.3. The lowest BCUT2D eigenvalue weighted by Gasteiger charge is -1.92. The van der Waals surface area contributed by atoms with Gasteiger partial charge in [-0.05, 0) is 12.1 Å². The van der Waals surface area contributed by atoms with Gasteiger partial charge in [-0.3, -0.25) is 4.98 Å². The molecule has 2 aromatic heterocycles. The fourth-order valence-electron chi connectivity index (χ4n) is 0.806. The van der Waals surface area contributed by atoms with Crippen molar-refractivity contribution in [1.29, 1.82) is 0 Å². The zero-order valence-corrected chi connectivity index (χ0v) is 7.52. The number of pyridine rings is 1. The van der Waals surface area contributed by atoms with Gasteiger partial charge in [0.1, 0.15) is 5.69 Å². The van der Waals surface area contributed by atoms with Crippen molar-refractivity contribution in [2.75, 3.05) is 0 Å². The molecule has 0 aromatic carbocycles. The van der Waals surface area contributed by atoms with Crippen LogP contribution in [-0.2, 0) is 0 Å². The maximum absolute atomic E-state index is 4.97. The number of hydrogen-bond donors (Lipinski definition) is 0. The highest BCUT2D eigenvalue weighted by Gasteiger charge is 2.03. The molecule has 0 spiro atoms. The molecular formula is C7H4BrN3O. The van der Waals surface area contributed by atoms with Gasteiger partial charge in [-0.25, -0.2) is 0 Å². The zero-order chi connectivity index (χ0) is 8.39. The Balaban J connectivity index is 2.48. The molecule has 0 radical (unpaired) electrons. The zero-order valence-electron chi connectivity index (χ0n) is 5.94. The molecular weight excluding hydrogens is 222 g/mol. The molecule has 0 saturated heterocycles. The highest BCUT2D eigenvalue weighted by atomic mass is 79.9. The van der Waals surface area contributed by atoms with E-state index >= 15 is 0 Å². The SMILES string of the molecule is Brc1ccnc(-c2nnco2)c1. The molecule has 2 heterocycles. The smallest absolute Gasteiger partial charge is 0.266 e. The van der Waals surface area contributed by atoms with Crippen molar-refractivity contribution in [2.24, 2.45) is 0 Å². The lowest BCUT2D eigenvalue weighted by Crippen LogP contribution is -1.82. The van der Waals surface area contributed by atoms with Crippen LogP contribution in [0.1, 0.15) is 0 Å². The fraction of sp³-hybridized carbons (Fsp3) is 0. The first-order chi connectivity index (χ1) is 5.86. The molecule has 0 aliphatic rings. The minimum absolute atomic E-state index is 0.427. The predicted octanol–water partition coefficient (Wildman–Crippen LogP) is 1.89. The Kier molecular flexibility index (Phi) is 1.87. The monoisotopic (exact) mass is 225 g/mol. The first-order valence-electron chi connectivity index (χ1n) is 3.24. The largest absolute Gasteiger partial charge is 0.422 e. The van der Waals surface area contributed by atoms with Crippen LogP contribution in [0.3, 0.4) is 0 Å². The summed E-state index contributed by atoms with van der Waals surface area (Å²) < 4.78 is 5.90. The number of halogens is 1. The van der Waals surface area contributed by atoms with Crippen LogP contribution in [0, 0.1) is 0 Å². The lowest BCUT2D eigenvalue weighted by molar-refractivity contribution is 0.566. The Labute approximate surface area is 76.8 Å². The van der Waals surface area contributed by atoms with Gasteiger partial charge in [0.2, 0.25) is 6.39 Å². The summed E-state index contributed by atoms with van der Waals surface area (Å²) in [7, 11) is 0. The van der Waals surface area contributed by atoms with Gasteiger partial charge in [-0.15, -0.1) is 10.2 Å². The third kappa shape index (κ3) is 1.35. The van der Waals surface area contributed by atoms with E-state index in [1.54, 1.807) is 6.20 Å². The summed E-state index contributed by atoms with van der Waals surface area (Å²) in [4.78, 5) is 4.06. The molecule has 0 bridgehead atoms. The number of rotatable bonds is 1. The number of nitrogens with zero attached hydrogens (tertiary/aromatic N) is 3. The van der Waals surface area contributed by atoms with Crippen LogP contribution in [0.2, 0.25) is 0 Å². The van der Waals surface area contributed by atoms with E-state index in [-0.39, 0.29) is 0 Å². The van der Waals surface area contributed by atoms with E-state index in [4.69, 9.17) is 4.42 Å². The molecule has 0 N–H and O–H groups in total. The van der Waals surface area contributed by atoms with E-state index in [0.717, 1.165) is 4.47 Å². The van der Waals surface area contributed by atoms with Gasteiger partial charge < -0.3 is 4.42 Å². The Morgan fingerprint density at radius 1 is 1.42 bits per heavy atom. The summed E-state index contributed by atoms with van der Waals surface area (Å²) in [6, 6.07) is 3.65. The second kappa shape index (κ2) is 3.02. The van der Waals surface area contributed by atoms with Gasteiger partial charge in [0.25, 0.3) is 5.89 Å². The number of hydrogen-bond acceptors (Lipinski definition) is 4.